The number of hydrogen-bond donors (Lipinski definition) is 3. The molecule has 0 radical (unpaired) electrons. The van der Waals surface area contributed by atoms with E-state index in [4.69, 9.17) is 10.9 Å². The van der Waals surface area contributed by atoms with E-state index in [1.54, 1.807) is 0 Å². The average Bonchev–Trinajstić information content (AvgIpc) is 1.98. The molecule has 0 aromatic carbocycles. The number of rotatable bonds is 5. The van der Waals surface area contributed by atoms with Crippen molar-refractivity contribution in [3.8, 4) is 0 Å². The molecule has 0 amide bonds. The molecule has 0 atom stereocenters. The summed E-state index contributed by atoms with van der Waals surface area (Å²) in [5.74, 6) is 0.304. The predicted molar refractivity (Wildman–Crippen MR) is 41.2 cm³/mol. The molecule has 10 heavy (non-hydrogen) atoms. The second-order valence-electron chi connectivity index (χ2n) is 2.05. The van der Waals surface area contributed by atoms with E-state index in [-0.39, 0.29) is 0 Å². The first kappa shape index (κ1) is 9.23. The highest BCUT2D eigenvalue weighted by atomic mass is 16.4. The van der Waals surface area contributed by atoms with Crippen molar-refractivity contribution in [3.05, 3.63) is 0 Å². The Hall–Kier alpha value is -0.770. The van der Waals surface area contributed by atoms with Gasteiger partial charge in [-0.05, 0) is 19.5 Å². The topological polar surface area (TPSA) is 70.6 Å². The predicted octanol–water partition coefficient (Wildman–Crippen LogP) is 0.122. The lowest BCUT2D eigenvalue weighted by molar-refractivity contribution is 0.316. The number of hydrogen-bond acceptors (Lipinski definition) is 3. The first-order chi connectivity index (χ1) is 4.81. The molecule has 4 heteroatoms. The molecule has 0 unspecified atom stereocenters. The zero-order chi connectivity index (χ0) is 7.82. The van der Waals surface area contributed by atoms with E-state index in [0.29, 0.717) is 12.3 Å². The van der Waals surface area contributed by atoms with Crippen LogP contribution in [0.4, 0.5) is 0 Å². The lowest BCUT2D eigenvalue weighted by Crippen LogP contribution is -2.18. The Labute approximate surface area is 61.1 Å². The minimum Gasteiger partial charge on any atom is -0.409 e. The number of nitrogens with one attached hydrogen (secondary N) is 1. The summed E-state index contributed by atoms with van der Waals surface area (Å²) >= 11 is 0. The van der Waals surface area contributed by atoms with E-state index in [1.807, 2.05) is 6.92 Å². The summed E-state index contributed by atoms with van der Waals surface area (Å²) in [6, 6.07) is 0. The van der Waals surface area contributed by atoms with Crippen LogP contribution in [-0.2, 0) is 0 Å². The second-order valence-corrected chi connectivity index (χ2v) is 2.05. The van der Waals surface area contributed by atoms with Crippen molar-refractivity contribution in [1.29, 1.82) is 0 Å². The van der Waals surface area contributed by atoms with Gasteiger partial charge in [0.1, 0.15) is 5.84 Å². The monoisotopic (exact) mass is 145 g/mol. The maximum Gasteiger partial charge on any atom is 0.139 e. The van der Waals surface area contributed by atoms with Crippen LogP contribution < -0.4 is 11.1 Å². The van der Waals surface area contributed by atoms with Gasteiger partial charge < -0.3 is 16.3 Å². The van der Waals surface area contributed by atoms with Crippen molar-refractivity contribution in [1.82, 2.24) is 5.32 Å². The van der Waals surface area contributed by atoms with E-state index < -0.39 is 0 Å². The highest BCUT2D eigenvalue weighted by Gasteiger charge is 1.90. The number of nitrogens with two attached hydrogens (primary N) is 1. The van der Waals surface area contributed by atoms with Crippen molar-refractivity contribution >= 4 is 5.84 Å². The van der Waals surface area contributed by atoms with Gasteiger partial charge in [0.25, 0.3) is 0 Å². The Kier molecular flexibility index (Phi) is 5.86. The number of nitrogens with zero attached hydrogens (tertiary/aromatic N) is 1. The minimum atomic E-state index is 0.304. The summed E-state index contributed by atoms with van der Waals surface area (Å²) in [5, 5.41) is 14.1. The van der Waals surface area contributed by atoms with E-state index in [9.17, 15) is 0 Å². The van der Waals surface area contributed by atoms with Crippen LogP contribution in [0.5, 0.6) is 0 Å². The van der Waals surface area contributed by atoms with Crippen LogP contribution in [0.2, 0.25) is 0 Å². The normalized spacial score (nSPS) is 11.9. The zero-order valence-corrected chi connectivity index (χ0v) is 6.30. The largest absolute Gasteiger partial charge is 0.409 e. The highest BCUT2D eigenvalue weighted by molar-refractivity contribution is 5.79. The smallest absolute Gasteiger partial charge is 0.139 e. The van der Waals surface area contributed by atoms with Crippen molar-refractivity contribution in [2.24, 2.45) is 10.9 Å². The standard InChI is InChI=1S/C6H15N3O/c1-2-8-5-3-4-6(7)9-10/h8,10H,2-5H2,1H3,(H2,7,9). The molecule has 0 spiro atoms. The number of amidine groups is 1. The van der Waals surface area contributed by atoms with E-state index in [2.05, 4.69) is 10.5 Å². The molecule has 0 bridgehead atoms. The number of oxime groups is 1. The van der Waals surface area contributed by atoms with Gasteiger partial charge in [-0.3, -0.25) is 0 Å². The quantitative estimate of drug-likeness (QED) is 0.169. The van der Waals surface area contributed by atoms with Gasteiger partial charge in [-0.25, -0.2) is 0 Å². The molecule has 0 aliphatic carbocycles. The zero-order valence-electron chi connectivity index (χ0n) is 6.30. The van der Waals surface area contributed by atoms with Crippen LogP contribution in [0.1, 0.15) is 19.8 Å². The van der Waals surface area contributed by atoms with Crippen LogP contribution in [0.3, 0.4) is 0 Å². The van der Waals surface area contributed by atoms with Crippen LogP contribution in [0.25, 0.3) is 0 Å². The molecule has 0 saturated heterocycles. The fourth-order valence-corrected chi connectivity index (χ4v) is 0.621. The Morgan fingerprint density at radius 2 is 2.40 bits per heavy atom. The van der Waals surface area contributed by atoms with Gasteiger partial charge >= 0.3 is 0 Å². The molecule has 60 valence electrons. The van der Waals surface area contributed by atoms with Crippen molar-refractivity contribution in [3.63, 3.8) is 0 Å². The van der Waals surface area contributed by atoms with E-state index in [1.165, 1.54) is 0 Å². The maximum atomic E-state index is 8.13. The van der Waals surface area contributed by atoms with Crippen LogP contribution in [-0.4, -0.2) is 24.1 Å². The van der Waals surface area contributed by atoms with Crippen LogP contribution in [0.15, 0.2) is 5.16 Å². The molecular weight excluding hydrogens is 130 g/mol. The van der Waals surface area contributed by atoms with Gasteiger partial charge in [-0.2, -0.15) is 0 Å². The van der Waals surface area contributed by atoms with Crippen molar-refractivity contribution in [2.75, 3.05) is 13.1 Å². The fourth-order valence-electron chi connectivity index (χ4n) is 0.621. The molecule has 0 rings (SSSR count). The molecule has 0 aliphatic heterocycles. The average molecular weight is 145 g/mol. The van der Waals surface area contributed by atoms with E-state index >= 15 is 0 Å². The second kappa shape index (κ2) is 6.35. The lowest BCUT2D eigenvalue weighted by Gasteiger charge is -1.98. The molecule has 0 saturated carbocycles. The SMILES string of the molecule is CCNCCCC(N)=NO. The lowest BCUT2D eigenvalue weighted by atomic mass is 10.3. The van der Waals surface area contributed by atoms with E-state index in [0.717, 1.165) is 19.5 Å². The Morgan fingerprint density at radius 1 is 1.70 bits per heavy atom. The molecule has 0 aromatic rings. The summed E-state index contributed by atoms with van der Waals surface area (Å²) in [7, 11) is 0. The fraction of sp³-hybridized carbons (Fsp3) is 0.833. The third-order valence-electron chi connectivity index (χ3n) is 1.16. The van der Waals surface area contributed by atoms with Gasteiger partial charge in [-0.1, -0.05) is 12.1 Å². The summed E-state index contributed by atoms with van der Waals surface area (Å²) < 4.78 is 0. The summed E-state index contributed by atoms with van der Waals surface area (Å²) in [6.45, 7) is 3.94. The highest BCUT2D eigenvalue weighted by Crippen LogP contribution is 1.85. The maximum absolute atomic E-state index is 8.13. The molecule has 0 aromatic heterocycles. The Morgan fingerprint density at radius 3 is 2.90 bits per heavy atom. The summed E-state index contributed by atoms with van der Waals surface area (Å²) in [5.41, 5.74) is 5.23. The van der Waals surface area contributed by atoms with Gasteiger partial charge in [0.05, 0.1) is 0 Å². The van der Waals surface area contributed by atoms with Crippen molar-refractivity contribution in [2.45, 2.75) is 19.8 Å². The van der Waals surface area contributed by atoms with Gasteiger partial charge in [0.15, 0.2) is 0 Å². The third kappa shape index (κ3) is 5.37. The summed E-state index contributed by atoms with van der Waals surface area (Å²) in [6.07, 6.45) is 1.58. The third-order valence-corrected chi connectivity index (χ3v) is 1.16. The first-order valence-electron chi connectivity index (χ1n) is 3.48. The minimum absolute atomic E-state index is 0.304. The van der Waals surface area contributed by atoms with Crippen LogP contribution >= 0.6 is 0 Å². The van der Waals surface area contributed by atoms with Gasteiger partial charge in [0, 0.05) is 6.42 Å². The van der Waals surface area contributed by atoms with Crippen LogP contribution in [0, 0.1) is 0 Å². The molecule has 4 N–H and O–H groups in total. The molecule has 0 heterocycles. The molecule has 0 fully saturated rings. The summed E-state index contributed by atoms with van der Waals surface area (Å²) in [4.78, 5) is 0. The molecule has 4 nitrogen and oxygen atoms in total. The molecule has 0 aliphatic rings. The molecular formula is C6H15N3O. The first-order valence-corrected chi connectivity index (χ1v) is 3.48. The Balaban J connectivity index is 3.04. The van der Waals surface area contributed by atoms with Gasteiger partial charge in [-0.15, -0.1) is 0 Å². The van der Waals surface area contributed by atoms with Gasteiger partial charge in [0.2, 0.25) is 0 Å². The Bertz CT molecular complexity index is 103. The van der Waals surface area contributed by atoms with Crippen molar-refractivity contribution < 1.29 is 5.21 Å².